The van der Waals surface area contributed by atoms with E-state index in [9.17, 15) is 0 Å². The molecular weight excluding hydrogens is 310 g/mol. The largest absolute Gasteiger partial charge is 0.310 e. The van der Waals surface area contributed by atoms with Gasteiger partial charge in [-0.1, -0.05) is 64.8 Å². The van der Waals surface area contributed by atoms with E-state index in [0.29, 0.717) is 6.04 Å². The maximum Gasteiger partial charge on any atom is 0.0372 e. The van der Waals surface area contributed by atoms with Crippen LogP contribution in [0.3, 0.4) is 0 Å². The highest BCUT2D eigenvalue weighted by molar-refractivity contribution is 9.10. The van der Waals surface area contributed by atoms with Crippen LogP contribution < -0.4 is 5.32 Å². The van der Waals surface area contributed by atoms with Gasteiger partial charge in [-0.05, 0) is 49.6 Å². The summed E-state index contributed by atoms with van der Waals surface area (Å²) in [7, 11) is 0. The Bertz CT molecular complexity index is 577. The van der Waals surface area contributed by atoms with E-state index in [2.05, 4.69) is 84.5 Å². The first-order chi connectivity index (χ1) is 9.61. The van der Waals surface area contributed by atoms with Crippen molar-refractivity contribution in [3.63, 3.8) is 0 Å². The standard InChI is InChI=1S/C18H22BrN/c1-4-20-18(16-7-5-6-8-17(16)19)12-15-11-13(2)9-10-14(15)3/h5-11,18,20H,4,12H2,1-3H3. The van der Waals surface area contributed by atoms with Crippen molar-refractivity contribution in [3.8, 4) is 0 Å². The van der Waals surface area contributed by atoms with E-state index in [0.717, 1.165) is 13.0 Å². The predicted octanol–water partition coefficient (Wildman–Crippen LogP) is 4.96. The summed E-state index contributed by atoms with van der Waals surface area (Å²) in [5, 5.41) is 3.60. The molecule has 106 valence electrons. The van der Waals surface area contributed by atoms with Gasteiger partial charge in [-0.2, -0.15) is 0 Å². The van der Waals surface area contributed by atoms with Gasteiger partial charge in [0.15, 0.2) is 0 Å². The molecule has 0 aliphatic rings. The van der Waals surface area contributed by atoms with Gasteiger partial charge in [0.1, 0.15) is 0 Å². The minimum Gasteiger partial charge on any atom is -0.310 e. The summed E-state index contributed by atoms with van der Waals surface area (Å²) in [6.07, 6.45) is 1.02. The molecular formula is C18H22BrN. The Labute approximate surface area is 130 Å². The highest BCUT2D eigenvalue weighted by Crippen LogP contribution is 2.27. The molecule has 2 rings (SSSR count). The van der Waals surface area contributed by atoms with Crippen LogP contribution in [0, 0.1) is 13.8 Å². The molecule has 0 bridgehead atoms. The Balaban J connectivity index is 2.30. The smallest absolute Gasteiger partial charge is 0.0372 e. The van der Waals surface area contributed by atoms with Crippen LogP contribution in [0.25, 0.3) is 0 Å². The normalized spacial score (nSPS) is 12.4. The van der Waals surface area contributed by atoms with Gasteiger partial charge in [0, 0.05) is 10.5 Å². The number of hydrogen-bond donors (Lipinski definition) is 1. The number of nitrogens with one attached hydrogen (secondary N) is 1. The summed E-state index contributed by atoms with van der Waals surface area (Å²) in [6, 6.07) is 15.5. The van der Waals surface area contributed by atoms with Crippen LogP contribution in [-0.4, -0.2) is 6.54 Å². The lowest BCUT2D eigenvalue weighted by molar-refractivity contribution is 0.547. The van der Waals surface area contributed by atoms with Crippen LogP contribution in [0.2, 0.25) is 0 Å². The number of hydrogen-bond acceptors (Lipinski definition) is 1. The summed E-state index contributed by atoms with van der Waals surface area (Å²) in [6.45, 7) is 7.48. The average molecular weight is 332 g/mol. The van der Waals surface area contributed by atoms with E-state index in [1.807, 2.05) is 0 Å². The van der Waals surface area contributed by atoms with Gasteiger partial charge < -0.3 is 5.32 Å². The molecule has 0 saturated carbocycles. The van der Waals surface area contributed by atoms with E-state index in [1.165, 1.54) is 26.7 Å². The van der Waals surface area contributed by atoms with Crippen molar-refractivity contribution in [2.24, 2.45) is 0 Å². The topological polar surface area (TPSA) is 12.0 Å². The van der Waals surface area contributed by atoms with Crippen molar-refractivity contribution < 1.29 is 0 Å². The van der Waals surface area contributed by atoms with Crippen molar-refractivity contribution in [1.29, 1.82) is 0 Å². The van der Waals surface area contributed by atoms with Gasteiger partial charge in [-0.25, -0.2) is 0 Å². The van der Waals surface area contributed by atoms with Gasteiger partial charge in [0.05, 0.1) is 0 Å². The SMILES string of the molecule is CCNC(Cc1cc(C)ccc1C)c1ccccc1Br. The highest BCUT2D eigenvalue weighted by Gasteiger charge is 2.14. The Morgan fingerprint density at radius 2 is 1.85 bits per heavy atom. The Hall–Kier alpha value is -1.12. The molecule has 1 unspecified atom stereocenters. The molecule has 0 fully saturated rings. The number of halogens is 1. The maximum absolute atomic E-state index is 3.67. The molecule has 1 nitrogen and oxygen atoms in total. The Morgan fingerprint density at radius 1 is 1.10 bits per heavy atom. The molecule has 1 atom stereocenters. The van der Waals surface area contributed by atoms with Crippen LogP contribution in [-0.2, 0) is 6.42 Å². The third-order valence-electron chi connectivity index (χ3n) is 3.66. The summed E-state index contributed by atoms with van der Waals surface area (Å²) < 4.78 is 1.18. The number of rotatable bonds is 5. The molecule has 2 heteroatoms. The molecule has 0 spiro atoms. The molecule has 2 aromatic rings. The lowest BCUT2D eigenvalue weighted by atomic mass is 9.95. The fourth-order valence-corrected chi connectivity index (χ4v) is 3.10. The molecule has 0 radical (unpaired) electrons. The lowest BCUT2D eigenvalue weighted by Gasteiger charge is -2.21. The second-order valence-electron chi connectivity index (χ2n) is 5.27. The van der Waals surface area contributed by atoms with Crippen molar-refractivity contribution in [2.75, 3.05) is 6.54 Å². The second-order valence-corrected chi connectivity index (χ2v) is 6.12. The number of aryl methyl sites for hydroxylation is 2. The molecule has 2 aromatic carbocycles. The fourth-order valence-electron chi connectivity index (χ4n) is 2.54. The van der Waals surface area contributed by atoms with Crippen molar-refractivity contribution >= 4 is 15.9 Å². The third kappa shape index (κ3) is 3.71. The van der Waals surface area contributed by atoms with E-state index < -0.39 is 0 Å². The molecule has 0 amide bonds. The minimum absolute atomic E-state index is 0.344. The van der Waals surface area contributed by atoms with Crippen molar-refractivity contribution in [2.45, 2.75) is 33.2 Å². The third-order valence-corrected chi connectivity index (χ3v) is 4.38. The molecule has 20 heavy (non-hydrogen) atoms. The minimum atomic E-state index is 0.344. The zero-order chi connectivity index (χ0) is 14.5. The van der Waals surface area contributed by atoms with Gasteiger partial charge in [0.2, 0.25) is 0 Å². The summed E-state index contributed by atoms with van der Waals surface area (Å²) in [4.78, 5) is 0. The van der Waals surface area contributed by atoms with Crippen LogP contribution in [0.4, 0.5) is 0 Å². The van der Waals surface area contributed by atoms with E-state index in [-0.39, 0.29) is 0 Å². The summed E-state index contributed by atoms with van der Waals surface area (Å²) in [5.74, 6) is 0. The van der Waals surface area contributed by atoms with Gasteiger partial charge in [-0.15, -0.1) is 0 Å². The predicted molar refractivity (Wildman–Crippen MR) is 90.2 cm³/mol. The number of benzene rings is 2. The maximum atomic E-state index is 3.67. The van der Waals surface area contributed by atoms with E-state index >= 15 is 0 Å². The van der Waals surface area contributed by atoms with Crippen molar-refractivity contribution in [3.05, 3.63) is 69.2 Å². The first-order valence-corrected chi connectivity index (χ1v) is 7.95. The quantitative estimate of drug-likeness (QED) is 0.816. The Kier molecular flexibility index (Phi) is 5.38. The molecule has 0 saturated heterocycles. The zero-order valence-corrected chi connectivity index (χ0v) is 14.0. The first kappa shape index (κ1) is 15.3. The second kappa shape index (κ2) is 7.05. The zero-order valence-electron chi connectivity index (χ0n) is 12.4. The monoisotopic (exact) mass is 331 g/mol. The Morgan fingerprint density at radius 3 is 2.55 bits per heavy atom. The molecule has 0 aliphatic heterocycles. The van der Waals surface area contributed by atoms with Crippen molar-refractivity contribution in [1.82, 2.24) is 5.32 Å². The van der Waals surface area contributed by atoms with Crippen LogP contribution in [0.1, 0.15) is 35.2 Å². The lowest BCUT2D eigenvalue weighted by Crippen LogP contribution is -2.23. The van der Waals surface area contributed by atoms with Crippen LogP contribution >= 0.6 is 15.9 Å². The summed E-state index contributed by atoms with van der Waals surface area (Å²) in [5.41, 5.74) is 5.44. The molecule has 0 heterocycles. The van der Waals surface area contributed by atoms with Gasteiger partial charge >= 0.3 is 0 Å². The van der Waals surface area contributed by atoms with Crippen LogP contribution in [0.15, 0.2) is 46.9 Å². The first-order valence-electron chi connectivity index (χ1n) is 7.15. The molecule has 0 aliphatic carbocycles. The van der Waals surface area contributed by atoms with Crippen LogP contribution in [0.5, 0.6) is 0 Å². The van der Waals surface area contributed by atoms with E-state index in [4.69, 9.17) is 0 Å². The van der Waals surface area contributed by atoms with Gasteiger partial charge in [-0.3, -0.25) is 0 Å². The van der Waals surface area contributed by atoms with Gasteiger partial charge in [0.25, 0.3) is 0 Å². The van der Waals surface area contributed by atoms with E-state index in [1.54, 1.807) is 0 Å². The average Bonchev–Trinajstić information content (AvgIpc) is 2.43. The highest BCUT2D eigenvalue weighted by atomic mass is 79.9. The number of likely N-dealkylation sites (N-methyl/N-ethyl adjacent to an activating group) is 1. The molecule has 0 aromatic heterocycles. The fraction of sp³-hybridized carbons (Fsp3) is 0.333. The summed E-state index contributed by atoms with van der Waals surface area (Å²) >= 11 is 3.67. The molecule has 1 N–H and O–H groups in total.